The number of amides is 1. The van der Waals surface area contributed by atoms with Gasteiger partial charge in [-0.05, 0) is 67.5 Å². The van der Waals surface area contributed by atoms with Gasteiger partial charge in [0.05, 0.1) is 24.2 Å². The van der Waals surface area contributed by atoms with Gasteiger partial charge in [0.15, 0.2) is 6.10 Å². The van der Waals surface area contributed by atoms with E-state index in [1.165, 1.54) is 36.4 Å². The third-order valence-corrected chi connectivity index (χ3v) is 7.34. The van der Waals surface area contributed by atoms with Crippen molar-refractivity contribution < 1.29 is 32.5 Å². The van der Waals surface area contributed by atoms with E-state index in [0.29, 0.717) is 17.8 Å². The Kier molecular flexibility index (Phi) is 5.40. The van der Waals surface area contributed by atoms with E-state index in [4.69, 9.17) is 9.47 Å². The summed E-state index contributed by atoms with van der Waals surface area (Å²) < 4.78 is 51.9. The molecule has 176 valence electrons. The third-order valence-electron chi connectivity index (χ3n) is 7.34. The number of nitrogens with zero attached hydrogens (tertiary/aromatic N) is 1. The van der Waals surface area contributed by atoms with Crippen molar-refractivity contribution in [1.29, 1.82) is 0 Å². The van der Waals surface area contributed by atoms with Gasteiger partial charge >= 0.3 is 6.18 Å². The number of phenols is 1. The maximum Gasteiger partial charge on any atom is 0.418 e. The van der Waals surface area contributed by atoms with E-state index in [1.54, 1.807) is 17.0 Å². The van der Waals surface area contributed by atoms with Gasteiger partial charge in [0.1, 0.15) is 5.75 Å². The highest BCUT2D eigenvalue weighted by atomic mass is 19.4. The van der Waals surface area contributed by atoms with Gasteiger partial charge < -0.3 is 19.5 Å². The lowest BCUT2D eigenvalue weighted by Gasteiger charge is -2.34. The van der Waals surface area contributed by atoms with Gasteiger partial charge in [-0.25, -0.2) is 0 Å². The van der Waals surface area contributed by atoms with Gasteiger partial charge in [-0.2, -0.15) is 13.2 Å². The summed E-state index contributed by atoms with van der Waals surface area (Å²) in [5, 5.41) is 9.33. The van der Waals surface area contributed by atoms with Crippen LogP contribution in [0.4, 0.5) is 18.9 Å². The van der Waals surface area contributed by atoms with E-state index < -0.39 is 12.3 Å². The van der Waals surface area contributed by atoms with E-state index in [1.807, 2.05) is 0 Å². The van der Waals surface area contributed by atoms with Gasteiger partial charge in [-0.15, -0.1) is 0 Å². The molecule has 5 rings (SSSR count). The van der Waals surface area contributed by atoms with Crippen molar-refractivity contribution in [3.63, 3.8) is 0 Å². The van der Waals surface area contributed by atoms with Crippen LogP contribution in [-0.2, 0) is 20.9 Å². The van der Waals surface area contributed by atoms with Crippen molar-refractivity contribution >= 4 is 11.6 Å². The minimum atomic E-state index is -4.59. The van der Waals surface area contributed by atoms with Crippen molar-refractivity contribution in [3.05, 3.63) is 59.7 Å². The van der Waals surface area contributed by atoms with E-state index in [2.05, 4.69) is 0 Å². The lowest BCUT2D eigenvalue weighted by Crippen LogP contribution is -2.39. The number of hydrogen-bond donors (Lipinski definition) is 1. The number of phenolic OH excluding ortho intramolecular Hbond substituents is 1. The highest BCUT2D eigenvalue weighted by Gasteiger charge is 2.56. The molecule has 33 heavy (non-hydrogen) atoms. The van der Waals surface area contributed by atoms with E-state index in [0.717, 1.165) is 38.7 Å². The highest BCUT2D eigenvalue weighted by Crippen LogP contribution is 2.53. The molecular formula is C25H26F3NO4. The Morgan fingerprint density at radius 2 is 1.64 bits per heavy atom. The number of rotatable bonds is 5. The number of epoxide rings is 1. The van der Waals surface area contributed by atoms with E-state index in [-0.39, 0.29) is 34.8 Å². The first kappa shape index (κ1) is 22.2. The molecule has 2 aromatic carbocycles. The number of carbonyl (C=O) groups excluding carboxylic acids is 1. The van der Waals surface area contributed by atoms with Crippen LogP contribution >= 0.6 is 0 Å². The van der Waals surface area contributed by atoms with Gasteiger partial charge in [0, 0.05) is 12.2 Å². The predicted octanol–water partition coefficient (Wildman–Crippen LogP) is 5.28. The van der Waals surface area contributed by atoms with Crippen LogP contribution in [0.5, 0.6) is 5.75 Å². The zero-order valence-electron chi connectivity index (χ0n) is 18.1. The molecule has 3 fully saturated rings. The molecule has 2 spiro atoms. The molecule has 2 saturated heterocycles. The minimum absolute atomic E-state index is 0.00728. The van der Waals surface area contributed by atoms with Gasteiger partial charge in [0.2, 0.25) is 5.91 Å². The monoisotopic (exact) mass is 461 g/mol. The van der Waals surface area contributed by atoms with Crippen molar-refractivity contribution in [2.24, 2.45) is 5.41 Å². The summed E-state index contributed by atoms with van der Waals surface area (Å²) in [7, 11) is 0. The van der Waals surface area contributed by atoms with Crippen LogP contribution in [0.3, 0.4) is 0 Å². The second-order valence-corrected chi connectivity index (χ2v) is 9.45. The number of halogens is 3. The van der Waals surface area contributed by atoms with E-state index >= 15 is 0 Å². The fourth-order valence-electron chi connectivity index (χ4n) is 5.09. The van der Waals surface area contributed by atoms with Crippen LogP contribution in [0, 0.1) is 5.41 Å². The number of ether oxygens (including phenoxy) is 2. The SMILES string of the molecule is O=C1N(c2ccc([C@@H](OCc3ccc(O)cc3)C(F)(F)F)cc2)CCC12CCC1(CC2)CO1. The fourth-order valence-corrected chi connectivity index (χ4v) is 5.09. The molecule has 1 saturated carbocycles. The van der Waals surface area contributed by atoms with Crippen molar-refractivity contribution in [1.82, 2.24) is 0 Å². The topological polar surface area (TPSA) is 62.3 Å². The number of carbonyl (C=O) groups is 1. The normalized spacial score (nSPS) is 28.0. The summed E-state index contributed by atoms with van der Waals surface area (Å²) in [6, 6.07) is 11.8. The van der Waals surface area contributed by atoms with E-state index in [9.17, 15) is 23.1 Å². The maximum absolute atomic E-state index is 13.7. The molecule has 2 aliphatic heterocycles. The fraction of sp³-hybridized carbons (Fsp3) is 0.480. The summed E-state index contributed by atoms with van der Waals surface area (Å²) in [4.78, 5) is 14.9. The third kappa shape index (κ3) is 4.34. The quantitative estimate of drug-likeness (QED) is 0.616. The average molecular weight is 461 g/mol. The van der Waals surface area contributed by atoms with Crippen molar-refractivity contribution in [2.75, 3.05) is 18.1 Å². The van der Waals surface area contributed by atoms with Gasteiger partial charge in [0.25, 0.3) is 0 Å². The number of alkyl halides is 3. The molecular weight excluding hydrogens is 435 g/mol. The Hall–Kier alpha value is -2.58. The number of aromatic hydroxyl groups is 1. The zero-order chi connectivity index (χ0) is 23.3. The zero-order valence-corrected chi connectivity index (χ0v) is 18.1. The van der Waals surface area contributed by atoms with Gasteiger partial charge in [-0.1, -0.05) is 24.3 Å². The maximum atomic E-state index is 13.7. The lowest BCUT2D eigenvalue weighted by atomic mass is 9.69. The van der Waals surface area contributed by atoms with Crippen molar-refractivity contribution in [2.45, 2.75) is 56.6 Å². The molecule has 1 atom stereocenters. The van der Waals surface area contributed by atoms with Crippen LogP contribution in [0.1, 0.15) is 49.3 Å². The summed E-state index contributed by atoms with van der Waals surface area (Å²) in [6.07, 6.45) is -2.49. The number of hydrogen-bond acceptors (Lipinski definition) is 4. The molecule has 1 N–H and O–H groups in total. The molecule has 0 aromatic heterocycles. The van der Waals surface area contributed by atoms with Crippen LogP contribution in [-0.4, -0.2) is 35.9 Å². The molecule has 0 bridgehead atoms. The Labute approximate surface area is 190 Å². The first-order valence-electron chi connectivity index (χ1n) is 11.2. The molecule has 1 aliphatic carbocycles. The van der Waals surface area contributed by atoms with Crippen LogP contribution in [0.25, 0.3) is 0 Å². The summed E-state index contributed by atoms with van der Waals surface area (Å²) in [6.45, 7) is 1.12. The minimum Gasteiger partial charge on any atom is -0.508 e. The second-order valence-electron chi connectivity index (χ2n) is 9.45. The molecule has 1 amide bonds. The van der Waals surface area contributed by atoms with Gasteiger partial charge in [-0.3, -0.25) is 4.79 Å². The summed E-state index contributed by atoms with van der Waals surface area (Å²) >= 11 is 0. The molecule has 8 heteroatoms. The molecule has 3 aliphatic rings. The Bertz CT molecular complexity index is 1010. The summed E-state index contributed by atoms with van der Waals surface area (Å²) in [5.41, 5.74) is 0.766. The molecule has 2 aromatic rings. The van der Waals surface area contributed by atoms with Crippen LogP contribution in [0.15, 0.2) is 48.5 Å². The number of benzene rings is 2. The van der Waals surface area contributed by atoms with Crippen LogP contribution in [0.2, 0.25) is 0 Å². The Balaban J connectivity index is 1.28. The number of anilines is 1. The average Bonchev–Trinajstić information content (AvgIpc) is 3.48. The second kappa shape index (κ2) is 8.02. The smallest absolute Gasteiger partial charge is 0.418 e. The first-order chi connectivity index (χ1) is 15.7. The molecule has 0 radical (unpaired) electrons. The molecule has 2 heterocycles. The molecule has 5 nitrogen and oxygen atoms in total. The lowest BCUT2D eigenvalue weighted by molar-refractivity contribution is -0.227. The highest BCUT2D eigenvalue weighted by molar-refractivity contribution is 6.00. The Morgan fingerprint density at radius 1 is 1.00 bits per heavy atom. The Morgan fingerprint density at radius 3 is 2.21 bits per heavy atom. The molecule has 0 unspecified atom stereocenters. The van der Waals surface area contributed by atoms with Crippen LogP contribution < -0.4 is 4.90 Å². The first-order valence-corrected chi connectivity index (χ1v) is 11.2. The largest absolute Gasteiger partial charge is 0.508 e. The van der Waals surface area contributed by atoms with Crippen molar-refractivity contribution in [3.8, 4) is 5.75 Å². The predicted molar refractivity (Wildman–Crippen MR) is 115 cm³/mol. The standard InChI is InChI=1S/C25H26F3NO4/c26-25(27,28)21(32-15-17-1-7-20(30)8-2-17)18-3-5-19(6-4-18)29-14-13-23(22(29)31)9-11-24(12-10-23)16-33-24/h1-8,21,30H,9-16H2/t21-,23?,24?/m1/s1. The summed E-state index contributed by atoms with van der Waals surface area (Å²) in [5.74, 6) is 0.107.